The van der Waals surface area contributed by atoms with Gasteiger partial charge in [0, 0.05) is 36.8 Å². The molecule has 0 aliphatic carbocycles. The van der Waals surface area contributed by atoms with E-state index in [1.807, 2.05) is 76.5 Å². The monoisotopic (exact) mass is 420 g/mol. The van der Waals surface area contributed by atoms with Crippen LogP contribution in [-0.4, -0.2) is 37.0 Å². The van der Waals surface area contributed by atoms with Crippen LogP contribution in [-0.2, 0) is 4.79 Å². The Bertz CT molecular complexity index is 1060. The zero-order valence-corrected chi connectivity index (χ0v) is 17.2. The molecule has 3 aromatic carbocycles. The van der Waals surface area contributed by atoms with Crippen molar-refractivity contribution in [3.8, 4) is 0 Å². The Morgan fingerprint density at radius 1 is 0.833 bits per heavy atom. The molecule has 0 saturated carbocycles. The lowest BCUT2D eigenvalue weighted by molar-refractivity contribution is -0.125. The summed E-state index contributed by atoms with van der Waals surface area (Å²) in [6.07, 6.45) is 1.85. The maximum atomic E-state index is 14.1. The first-order chi connectivity index (χ1) is 14.6. The van der Waals surface area contributed by atoms with Gasteiger partial charge in [0.25, 0.3) is 5.91 Å². The second-order valence-corrected chi connectivity index (χ2v) is 7.58. The molecule has 1 saturated heterocycles. The van der Waals surface area contributed by atoms with Gasteiger partial charge in [0.15, 0.2) is 0 Å². The first kappa shape index (κ1) is 20.2. The van der Waals surface area contributed by atoms with Crippen molar-refractivity contribution in [1.29, 1.82) is 0 Å². The van der Waals surface area contributed by atoms with E-state index in [1.165, 1.54) is 6.07 Å². The molecule has 1 heterocycles. The first-order valence-electron chi connectivity index (χ1n) is 9.94. The molecule has 4 rings (SSSR count). The summed E-state index contributed by atoms with van der Waals surface area (Å²) in [5, 5.41) is 0.600. The maximum Gasteiger partial charge on any atom is 0.254 e. The second kappa shape index (κ2) is 9.14. The van der Waals surface area contributed by atoms with Crippen molar-refractivity contribution in [3.63, 3.8) is 0 Å². The molecule has 1 amide bonds. The number of carbonyl (C=O) groups excluding carboxylic acids is 1. The summed E-state index contributed by atoms with van der Waals surface area (Å²) >= 11 is 6.34. The number of halogens is 2. The van der Waals surface area contributed by atoms with Crippen LogP contribution < -0.4 is 4.90 Å². The number of nitrogens with zero attached hydrogens (tertiary/aromatic N) is 2. The standard InChI is InChI=1S/C25H22ClFN2O/c26-22-11-5-4-10-20(22)18-21(19-8-2-1-3-9-19)25(30)29-16-14-28(15-17-29)24-13-7-6-12-23(24)27/h1-13,18H,14-17H2. The highest BCUT2D eigenvalue weighted by molar-refractivity contribution is 6.33. The maximum absolute atomic E-state index is 14.1. The lowest BCUT2D eigenvalue weighted by Crippen LogP contribution is -2.49. The van der Waals surface area contributed by atoms with Crippen molar-refractivity contribution < 1.29 is 9.18 Å². The van der Waals surface area contributed by atoms with Crippen LogP contribution in [0.1, 0.15) is 11.1 Å². The molecule has 0 spiro atoms. The van der Waals surface area contributed by atoms with E-state index in [0.717, 1.165) is 11.1 Å². The van der Waals surface area contributed by atoms with Crippen LogP contribution in [0, 0.1) is 5.82 Å². The third kappa shape index (κ3) is 4.39. The fraction of sp³-hybridized carbons (Fsp3) is 0.160. The third-order valence-electron chi connectivity index (χ3n) is 5.28. The van der Waals surface area contributed by atoms with E-state index in [0.29, 0.717) is 42.5 Å². The number of carbonyl (C=O) groups is 1. The lowest BCUT2D eigenvalue weighted by Gasteiger charge is -2.36. The van der Waals surface area contributed by atoms with Gasteiger partial charge in [0.1, 0.15) is 5.82 Å². The highest BCUT2D eigenvalue weighted by Crippen LogP contribution is 2.26. The van der Waals surface area contributed by atoms with Crippen LogP contribution in [0.2, 0.25) is 5.02 Å². The molecule has 0 unspecified atom stereocenters. The van der Waals surface area contributed by atoms with Crippen LogP contribution in [0.4, 0.5) is 10.1 Å². The Morgan fingerprint density at radius 2 is 1.47 bits per heavy atom. The summed E-state index contributed by atoms with van der Waals surface area (Å²) in [5.74, 6) is -0.282. The molecular weight excluding hydrogens is 399 g/mol. The molecule has 0 N–H and O–H groups in total. The second-order valence-electron chi connectivity index (χ2n) is 7.18. The summed E-state index contributed by atoms with van der Waals surface area (Å²) < 4.78 is 14.1. The summed E-state index contributed by atoms with van der Waals surface area (Å²) in [6.45, 7) is 2.22. The summed E-state index contributed by atoms with van der Waals surface area (Å²) in [4.78, 5) is 17.3. The van der Waals surface area contributed by atoms with Gasteiger partial charge in [-0.3, -0.25) is 4.79 Å². The number of anilines is 1. The predicted molar refractivity (Wildman–Crippen MR) is 121 cm³/mol. The zero-order chi connectivity index (χ0) is 20.9. The quantitative estimate of drug-likeness (QED) is 0.418. The van der Waals surface area contributed by atoms with Gasteiger partial charge in [-0.2, -0.15) is 0 Å². The van der Waals surface area contributed by atoms with Crippen LogP contribution >= 0.6 is 11.6 Å². The zero-order valence-electron chi connectivity index (χ0n) is 16.5. The van der Waals surface area contributed by atoms with Gasteiger partial charge < -0.3 is 9.80 Å². The molecule has 0 aromatic heterocycles. The number of hydrogen-bond acceptors (Lipinski definition) is 2. The van der Waals surface area contributed by atoms with E-state index in [2.05, 4.69) is 0 Å². The summed E-state index contributed by atoms with van der Waals surface area (Å²) in [5.41, 5.74) is 2.83. The average Bonchev–Trinajstić information content (AvgIpc) is 2.79. The molecule has 0 bridgehead atoms. The number of benzene rings is 3. The molecular formula is C25H22ClFN2O. The van der Waals surface area contributed by atoms with Crippen molar-refractivity contribution in [1.82, 2.24) is 4.90 Å². The van der Waals surface area contributed by atoms with Crippen LogP contribution in [0.15, 0.2) is 78.9 Å². The van der Waals surface area contributed by atoms with E-state index in [-0.39, 0.29) is 11.7 Å². The Hall–Kier alpha value is -3.11. The van der Waals surface area contributed by atoms with Crippen LogP contribution in [0.5, 0.6) is 0 Å². The Kier molecular flexibility index (Phi) is 6.15. The van der Waals surface area contributed by atoms with Crippen molar-refractivity contribution in [2.24, 2.45) is 0 Å². The number of rotatable bonds is 4. The van der Waals surface area contributed by atoms with Crippen molar-refractivity contribution >= 4 is 34.8 Å². The van der Waals surface area contributed by atoms with Gasteiger partial charge in [0.05, 0.1) is 5.69 Å². The van der Waals surface area contributed by atoms with Gasteiger partial charge in [-0.1, -0.05) is 72.3 Å². The fourth-order valence-corrected chi connectivity index (χ4v) is 3.85. The lowest BCUT2D eigenvalue weighted by atomic mass is 10.0. The van der Waals surface area contributed by atoms with Crippen molar-refractivity contribution in [2.45, 2.75) is 0 Å². The SMILES string of the molecule is O=C(C(=Cc1ccccc1Cl)c1ccccc1)N1CCN(c2ccccc2F)CC1. The molecule has 1 aliphatic heterocycles. The Labute approximate surface area is 181 Å². The van der Waals surface area contributed by atoms with Gasteiger partial charge in [-0.25, -0.2) is 4.39 Å². The van der Waals surface area contributed by atoms with Gasteiger partial charge in [-0.05, 0) is 35.4 Å². The normalized spacial score (nSPS) is 14.7. The number of piperazine rings is 1. The third-order valence-corrected chi connectivity index (χ3v) is 5.62. The van der Waals surface area contributed by atoms with Gasteiger partial charge >= 0.3 is 0 Å². The predicted octanol–water partition coefficient (Wildman–Crippen LogP) is 5.37. The molecule has 5 heteroatoms. The molecule has 30 heavy (non-hydrogen) atoms. The molecule has 3 nitrogen and oxygen atoms in total. The minimum atomic E-state index is -0.235. The van der Waals surface area contributed by atoms with Gasteiger partial charge in [-0.15, -0.1) is 0 Å². The van der Waals surface area contributed by atoms with Crippen molar-refractivity contribution in [3.05, 3.63) is 101 Å². The van der Waals surface area contributed by atoms with Gasteiger partial charge in [0.2, 0.25) is 0 Å². The number of para-hydroxylation sites is 1. The minimum absolute atomic E-state index is 0.0469. The minimum Gasteiger partial charge on any atom is -0.366 e. The van der Waals surface area contributed by atoms with E-state index < -0.39 is 0 Å². The topological polar surface area (TPSA) is 23.6 Å². The number of amides is 1. The molecule has 0 atom stereocenters. The van der Waals surface area contributed by atoms with E-state index in [1.54, 1.807) is 12.1 Å². The summed E-state index contributed by atoms with van der Waals surface area (Å²) in [6, 6.07) is 23.8. The average molecular weight is 421 g/mol. The Balaban J connectivity index is 1.57. The fourth-order valence-electron chi connectivity index (χ4n) is 3.66. The highest BCUT2D eigenvalue weighted by Gasteiger charge is 2.25. The van der Waals surface area contributed by atoms with E-state index >= 15 is 0 Å². The van der Waals surface area contributed by atoms with E-state index in [4.69, 9.17) is 11.6 Å². The Morgan fingerprint density at radius 3 is 2.17 bits per heavy atom. The molecule has 152 valence electrons. The number of hydrogen-bond donors (Lipinski definition) is 0. The van der Waals surface area contributed by atoms with Crippen molar-refractivity contribution in [2.75, 3.05) is 31.1 Å². The van der Waals surface area contributed by atoms with E-state index in [9.17, 15) is 9.18 Å². The molecule has 3 aromatic rings. The smallest absolute Gasteiger partial charge is 0.254 e. The largest absolute Gasteiger partial charge is 0.366 e. The first-order valence-corrected chi connectivity index (χ1v) is 10.3. The van der Waals surface area contributed by atoms with Crippen LogP contribution in [0.3, 0.4) is 0 Å². The molecule has 1 fully saturated rings. The molecule has 0 radical (unpaired) electrons. The summed E-state index contributed by atoms with van der Waals surface area (Å²) in [7, 11) is 0. The molecule has 1 aliphatic rings. The highest BCUT2D eigenvalue weighted by atomic mass is 35.5. The van der Waals surface area contributed by atoms with Crippen LogP contribution in [0.25, 0.3) is 11.6 Å².